The molecule has 4 nitrogen and oxygen atoms in total. The van der Waals surface area contributed by atoms with Gasteiger partial charge in [-0.2, -0.15) is 5.10 Å². The van der Waals surface area contributed by atoms with Crippen molar-refractivity contribution in [2.24, 2.45) is 0 Å². The van der Waals surface area contributed by atoms with Crippen LogP contribution >= 0.6 is 15.9 Å². The average Bonchev–Trinajstić information content (AvgIpc) is 2.83. The third-order valence-corrected chi connectivity index (χ3v) is 3.86. The topological polar surface area (TPSA) is 39.1 Å². The molecule has 0 atom stereocenters. The third-order valence-electron chi connectivity index (χ3n) is 3.33. The zero-order chi connectivity index (χ0) is 15.1. The van der Waals surface area contributed by atoms with Crippen molar-refractivity contribution in [3.63, 3.8) is 0 Å². The maximum Gasteiger partial charge on any atom is 0.119 e. The van der Waals surface area contributed by atoms with Crippen molar-refractivity contribution >= 4 is 15.9 Å². The van der Waals surface area contributed by atoms with Crippen LogP contribution in [0.5, 0.6) is 5.75 Å². The number of benzene rings is 1. The molecule has 0 fully saturated rings. The largest absolute Gasteiger partial charge is 0.492 e. The highest BCUT2D eigenvalue weighted by Crippen LogP contribution is 2.16. The highest BCUT2D eigenvalue weighted by atomic mass is 79.9. The lowest BCUT2D eigenvalue weighted by atomic mass is 10.2. The number of nitrogens with one attached hydrogen (secondary N) is 1. The molecule has 1 heterocycles. The lowest BCUT2D eigenvalue weighted by molar-refractivity contribution is 0.289. The molecule has 1 aromatic heterocycles. The van der Waals surface area contributed by atoms with E-state index in [1.807, 2.05) is 35.1 Å². The van der Waals surface area contributed by atoms with Crippen LogP contribution in [0.3, 0.4) is 0 Å². The standard InChI is InChI=1S/C16H22BrN3O/c1-3-8-18-11-14-12-19-20(13(14)2)9-10-21-16-6-4-15(17)5-7-16/h4-7,12,18H,3,8-11H2,1-2H3. The van der Waals surface area contributed by atoms with Crippen LogP contribution in [0.1, 0.15) is 24.6 Å². The minimum atomic E-state index is 0.617. The Morgan fingerprint density at radius 2 is 2.05 bits per heavy atom. The van der Waals surface area contributed by atoms with Crippen molar-refractivity contribution in [2.75, 3.05) is 13.2 Å². The molecule has 21 heavy (non-hydrogen) atoms. The summed E-state index contributed by atoms with van der Waals surface area (Å²) >= 11 is 3.41. The minimum Gasteiger partial charge on any atom is -0.492 e. The van der Waals surface area contributed by atoms with Gasteiger partial charge in [0.25, 0.3) is 0 Å². The van der Waals surface area contributed by atoms with Crippen molar-refractivity contribution in [3.8, 4) is 5.75 Å². The molecule has 0 aliphatic heterocycles. The van der Waals surface area contributed by atoms with Crippen LogP contribution in [0.15, 0.2) is 34.9 Å². The van der Waals surface area contributed by atoms with Gasteiger partial charge in [0.15, 0.2) is 0 Å². The fourth-order valence-electron chi connectivity index (χ4n) is 2.06. The lowest BCUT2D eigenvalue weighted by Crippen LogP contribution is -2.15. The molecule has 0 unspecified atom stereocenters. The first-order chi connectivity index (χ1) is 10.2. The highest BCUT2D eigenvalue weighted by molar-refractivity contribution is 9.10. The van der Waals surface area contributed by atoms with Crippen LogP contribution in [-0.4, -0.2) is 22.9 Å². The first-order valence-corrected chi connectivity index (χ1v) is 8.10. The lowest BCUT2D eigenvalue weighted by Gasteiger charge is -2.08. The van der Waals surface area contributed by atoms with Gasteiger partial charge in [-0.25, -0.2) is 0 Å². The van der Waals surface area contributed by atoms with E-state index in [4.69, 9.17) is 4.74 Å². The second-order valence-corrected chi connectivity index (χ2v) is 5.87. The second-order valence-electron chi connectivity index (χ2n) is 4.96. The van der Waals surface area contributed by atoms with Crippen LogP contribution in [0, 0.1) is 6.92 Å². The molecule has 0 aliphatic carbocycles. The molecule has 5 heteroatoms. The van der Waals surface area contributed by atoms with Gasteiger partial charge in [0.2, 0.25) is 0 Å². The Morgan fingerprint density at radius 1 is 1.29 bits per heavy atom. The first-order valence-electron chi connectivity index (χ1n) is 7.31. The number of nitrogens with zero attached hydrogens (tertiary/aromatic N) is 2. The Balaban J connectivity index is 1.81. The monoisotopic (exact) mass is 351 g/mol. The van der Waals surface area contributed by atoms with Crippen molar-refractivity contribution < 1.29 is 4.74 Å². The summed E-state index contributed by atoms with van der Waals surface area (Å²) in [7, 11) is 0. The first kappa shape index (κ1) is 16.0. The Bertz CT molecular complexity index is 551. The fourth-order valence-corrected chi connectivity index (χ4v) is 2.33. The molecule has 0 bridgehead atoms. The molecule has 0 spiro atoms. The van der Waals surface area contributed by atoms with E-state index in [9.17, 15) is 0 Å². The van der Waals surface area contributed by atoms with Gasteiger partial charge in [0.05, 0.1) is 12.7 Å². The Kier molecular flexibility index (Phi) is 6.26. The molecule has 114 valence electrons. The maximum atomic E-state index is 5.73. The SMILES string of the molecule is CCCNCc1cnn(CCOc2ccc(Br)cc2)c1C. The molecule has 0 radical (unpaired) electrons. The Labute approximate surface area is 134 Å². The zero-order valence-corrected chi connectivity index (χ0v) is 14.2. The number of rotatable bonds is 8. The van der Waals surface area contributed by atoms with Crippen LogP contribution in [-0.2, 0) is 13.1 Å². The van der Waals surface area contributed by atoms with Crippen molar-refractivity contribution in [2.45, 2.75) is 33.4 Å². The van der Waals surface area contributed by atoms with Gasteiger partial charge in [-0.05, 0) is 44.2 Å². The molecule has 2 rings (SSSR count). The van der Waals surface area contributed by atoms with Gasteiger partial charge in [-0.1, -0.05) is 22.9 Å². The predicted molar refractivity (Wildman–Crippen MR) is 88.6 cm³/mol. The number of hydrogen-bond acceptors (Lipinski definition) is 3. The van der Waals surface area contributed by atoms with Gasteiger partial charge in [-0.3, -0.25) is 4.68 Å². The quantitative estimate of drug-likeness (QED) is 0.739. The number of ether oxygens (including phenoxy) is 1. The van der Waals surface area contributed by atoms with Crippen LogP contribution < -0.4 is 10.1 Å². The van der Waals surface area contributed by atoms with Gasteiger partial charge in [-0.15, -0.1) is 0 Å². The molecule has 1 N–H and O–H groups in total. The van der Waals surface area contributed by atoms with E-state index in [0.717, 1.165) is 36.3 Å². The van der Waals surface area contributed by atoms with Crippen LogP contribution in [0.2, 0.25) is 0 Å². The van der Waals surface area contributed by atoms with E-state index in [2.05, 4.69) is 40.2 Å². The molecule has 0 amide bonds. The number of aromatic nitrogens is 2. The van der Waals surface area contributed by atoms with E-state index in [0.29, 0.717) is 6.61 Å². The van der Waals surface area contributed by atoms with Gasteiger partial charge < -0.3 is 10.1 Å². The summed E-state index contributed by atoms with van der Waals surface area (Å²) < 4.78 is 8.79. The molecular formula is C16H22BrN3O. The van der Waals surface area contributed by atoms with Gasteiger partial charge in [0.1, 0.15) is 12.4 Å². The van der Waals surface area contributed by atoms with E-state index >= 15 is 0 Å². The second kappa shape index (κ2) is 8.20. The highest BCUT2D eigenvalue weighted by Gasteiger charge is 2.05. The summed E-state index contributed by atoms with van der Waals surface area (Å²) in [4.78, 5) is 0. The van der Waals surface area contributed by atoms with Crippen molar-refractivity contribution in [3.05, 3.63) is 46.2 Å². The van der Waals surface area contributed by atoms with Gasteiger partial charge >= 0.3 is 0 Å². The van der Waals surface area contributed by atoms with E-state index in [-0.39, 0.29) is 0 Å². The van der Waals surface area contributed by atoms with Gasteiger partial charge in [0, 0.05) is 22.3 Å². The molecule has 0 saturated carbocycles. The minimum absolute atomic E-state index is 0.617. The number of hydrogen-bond donors (Lipinski definition) is 1. The van der Waals surface area contributed by atoms with E-state index in [1.165, 1.54) is 11.3 Å². The summed E-state index contributed by atoms with van der Waals surface area (Å²) in [6, 6.07) is 7.87. The smallest absolute Gasteiger partial charge is 0.119 e. The number of halogens is 1. The van der Waals surface area contributed by atoms with Crippen LogP contribution in [0.25, 0.3) is 0 Å². The normalized spacial score (nSPS) is 10.8. The van der Waals surface area contributed by atoms with Crippen LogP contribution in [0.4, 0.5) is 0 Å². The Morgan fingerprint density at radius 3 is 2.76 bits per heavy atom. The summed E-state index contributed by atoms with van der Waals surface area (Å²) in [6.45, 7) is 7.57. The molecule has 2 aromatic rings. The summed E-state index contributed by atoms with van der Waals surface area (Å²) in [5.41, 5.74) is 2.46. The summed E-state index contributed by atoms with van der Waals surface area (Å²) in [5, 5.41) is 7.83. The third kappa shape index (κ3) is 4.86. The molecule has 1 aromatic carbocycles. The van der Waals surface area contributed by atoms with Crippen molar-refractivity contribution in [1.82, 2.24) is 15.1 Å². The molecule has 0 aliphatic rings. The molecule has 0 saturated heterocycles. The van der Waals surface area contributed by atoms with Crippen molar-refractivity contribution in [1.29, 1.82) is 0 Å². The Hall–Kier alpha value is -1.33. The zero-order valence-electron chi connectivity index (χ0n) is 12.6. The maximum absolute atomic E-state index is 5.73. The summed E-state index contributed by atoms with van der Waals surface area (Å²) in [5.74, 6) is 0.882. The van der Waals surface area contributed by atoms with E-state index in [1.54, 1.807) is 0 Å². The average molecular weight is 352 g/mol. The molecular weight excluding hydrogens is 330 g/mol. The fraction of sp³-hybridized carbons (Fsp3) is 0.438. The van der Waals surface area contributed by atoms with E-state index < -0.39 is 0 Å². The predicted octanol–water partition coefficient (Wildman–Crippen LogP) is 3.53. The summed E-state index contributed by atoms with van der Waals surface area (Å²) in [6.07, 6.45) is 3.09.